The Morgan fingerprint density at radius 2 is 1.00 bits per heavy atom. The summed E-state index contributed by atoms with van der Waals surface area (Å²) in [6.45, 7) is 4.69. The van der Waals surface area contributed by atoms with Crippen molar-refractivity contribution < 1.29 is 4.74 Å². The Bertz CT molecular complexity index is 2540. The van der Waals surface area contributed by atoms with Crippen LogP contribution in [0.2, 0.25) is 0 Å². The first-order valence-corrected chi connectivity index (χ1v) is 17.3. The van der Waals surface area contributed by atoms with Crippen molar-refractivity contribution in [1.82, 2.24) is 0 Å². The molecule has 0 bridgehead atoms. The van der Waals surface area contributed by atoms with Crippen molar-refractivity contribution in [3.63, 3.8) is 0 Å². The van der Waals surface area contributed by atoms with Gasteiger partial charge in [-0.2, -0.15) is 0 Å². The van der Waals surface area contributed by atoms with Crippen LogP contribution in [-0.4, -0.2) is 7.11 Å². The number of methoxy groups -OCH3 is 1. The van der Waals surface area contributed by atoms with Gasteiger partial charge in [0.05, 0.1) is 12.8 Å². The van der Waals surface area contributed by atoms with Gasteiger partial charge >= 0.3 is 0 Å². The van der Waals surface area contributed by atoms with Crippen LogP contribution in [0.3, 0.4) is 0 Å². The van der Waals surface area contributed by atoms with E-state index in [1.54, 1.807) is 7.11 Å². The van der Waals surface area contributed by atoms with E-state index in [2.05, 4.69) is 189 Å². The summed E-state index contributed by atoms with van der Waals surface area (Å²) < 4.78 is 5.89. The summed E-state index contributed by atoms with van der Waals surface area (Å²) in [4.78, 5) is 2.42. The van der Waals surface area contributed by atoms with Crippen LogP contribution >= 0.6 is 0 Å². The second-order valence-corrected chi connectivity index (χ2v) is 13.7. The van der Waals surface area contributed by atoms with E-state index in [-0.39, 0.29) is 5.41 Å². The van der Waals surface area contributed by atoms with Crippen LogP contribution in [-0.2, 0) is 5.41 Å². The lowest BCUT2D eigenvalue weighted by atomic mass is 9.82. The first-order chi connectivity index (χ1) is 24.5. The lowest BCUT2D eigenvalue weighted by molar-refractivity contribution is 0.417. The molecule has 0 aliphatic heterocycles. The Labute approximate surface area is 293 Å². The van der Waals surface area contributed by atoms with Crippen molar-refractivity contribution in [1.29, 1.82) is 0 Å². The molecule has 2 nitrogen and oxygen atoms in total. The summed E-state index contributed by atoms with van der Waals surface area (Å²) in [5.41, 5.74) is 13.3. The fourth-order valence-corrected chi connectivity index (χ4v) is 8.11. The standard InChI is InChI=1S/C48H37NO/c1-48(2)42-19-9-8-17-41(42)47-43(48)20-11-21-44(47)49(36-27-22-34(23-28-36)39-18-10-14-32-12-4-6-15-38(32)39)37-29-24-35(25-30-37)46-40-16-7-5-13-33(40)26-31-45(46)50-3/h4-31H,1-3H3. The number of rotatable bonds is 6. The highest BCUT2D eigenvalue weighted by molar-refractivity contribution is 6.01. The summed E-state index contributed by atoms with van der Waals surface area (Å²) >= 11 is 0. The molecule has 1 aliphatic rings. The molecule has 1 aliphatic carbocycles. The van der Waals surface area contributed by atoms with Crippen LogP contribution in [0.4, 0.5) is 17.1 Å². The predicted octanol–water partition coefficient (Wildman–Crippen LogP) is 13.1. The van der Waals surface area contributed by atoms with E-state index < -0.39 is 0 Å². The zero-order valence-corrected chi connectivity index (χ0v) is 28.5. The number of benzene rings is 8. The maximum atomic E-state index is 5.89. The average Bonchev–Trinajstić information content (AvgIpc) is 3.41. The van der Waals surface area contributed by atoms with Gasteiger partial charge in [0.15, 0.2) is 0 Å². The molecule has 0 fully saturated rings. The molecule has 0 saturated heterocycles. The van der Waals surface area contributed by atoms with Crippen molar-refractivity contribution in [3.8, 4) is 39.1 Å². The van der Waals surface area contributed by atoms with Gasteiger partial charge < -0.3 is 9.64 Å². The monoisotopic (exact) mass is 643 g/mol. The van der Waals surface area contributed by atoms with Crippen molar-refractivity contribution >= 4 is 38.6 Å². The first kappa shape index (κ1) is 30.0. The highest BCUT2D eigenvalue weighted by atomic mass is 16.5. The minimum absolute atomic E-state index is 0.0966. The van der Waals surface area contributed by atoms with Gasteiger partial charge in [0.2, 0.25) is 0 Å². The van der Waals surface area contributed by atoms with Crippen LogP contribution in [0.25, 0.3) is 54.9 Å². The number of hydrogen-bond acceptors (Lipinski definition) is 2. The highest BCUT2D eigenvalue weighted by Crippen LogP contribution is 2.54. The summed E-state index contributed by atoms with van der Waals surface area (Å²) in [5, 5.41) is 4.89. The molecule has 8 aromatic rings. The van der Waals surface area contributed by atoms with Crippen LogP contribution in [0.5, 0.6) is 5.75 Å². The third kappa shape index (κ3) is 4.71. The third-order valence-electron chi connectivity index (χ3n) is 10.6. The quantitative estimate of drug-likeness (QED) is 0.179. The van der Waals surface area contributed by atoms with Crippen LogP contribution < -0.4 is 9.64 Å². The topological polar surface area (TPSA) is 12.5 Å². The maximum absolute atomic E-state index is 5.89. The van der Waals surface area contributed by atoms with Gasteiger partial charge in [0, 0.05) is 27.9 Å². The van der Waals surface area contributed by atoms with Gasteiger partial charge in [-0.15, -0.1) is 0 Å². The smallest absolute Gasteiger partial charge is 0.127 e. The number of hydrogen-bond donors (Lipinski definition) is 0. The Morgan fingerprint density at radius 3 is 1.74 bits per heavy atom. The Morgan fingerprint density at radius 1 is 0.440 bits per heavy atom. The second kappa shape index (κ2) is 11.8. The molecule has 240 valence electrons. The molecule has 0 N–H and O–H groups in total. The first-order valence-electron chi connectivity index (χ1n) is 17.3. The molecule has 0 atom stereocenters. The highest BCUT2D eigenvalue weighted by Gasteiger charge is 2.37. The number of nitrogens with zero attached hydrogens (tertiary/aromatic N) is 1. The Hall–Kier alpha value is -6.12. The number of anilines is 3. The molecule has 0 saturated carbocycles. The van der Waals surface area contributed by atoms with Crippen molar-refractivity contribution in [2.45, 2.75) is 19.3 Å². The summed E-state index contributed by atoms with van der Waals surface area (Å²) in [5.74, 6) is 0.872. The zero-order valence-electron chi connectivity index (χ0n) is 28.5. The van der Waals surface area contributed by atoms with E-state index in [0.717, 1.165) is 28.3 Å². The zero-order chi connectivity index (χ0) is 33.8. The number of fused-ring (bicyclic) bond motifs is 5. The molecule has 50 heavy (non-hydrogen) atoms. The molecule has 0 heterocycles. The normalized spacial score (nSPS) is 12.9. The number of ether oxygens (including phenoxy) is 1. The summed E-state index contributed by atoms with van der Waals surface area (Å²) in [7, 11) is 1.75. The SMILES string of the molecule is COc1ccc2ccccc2c1-c1ccc(N(c2ccc(-c3cccc4ccccc34)cc2)c2cccc3c2-c2ccccc2C3(C)C)cc1. The van der Waals surface area contributed by atoms with Crippen molar-refractivity contribution in [2.75, 3.05) is 12.0 Å². The molecule has 9 rings (SSSR count). The lowest BCUT2D eigenvalue weighted by Crippen LogP contribution is -2.16. The van der Waals surface area contributed by atoms with Crippen molar-refractivity contribution in [3.05, 3.63) is 181 Å². The van der Waals surface area contributed by atoms with E-state index in [4.69, 9.17) is 4.74 Å². The van der Waals surface area contributed by atoms with Crippen LogP contribution in [0, 0.1) is 0 Å². The van der Waals surface area contributed by atoms with Gasteiger partial charge in [-0.05, 0) is 91.3 Å². The molecule has 0 radical (unpaired) electrons. The van der Waals surface area contributed by atoms with Gasteiger partial charge in [0.25, 0.3) is 0 Å². The van der Waals surface area contributed by atoms with E-state index in [1.807, 2.05) is 0 Å². The van der Waals surface area contributed by atoms with Gasteiger partial charge in [-0.1, -0.05) is 147 Å². The average molecular weight is 644 g/mol. The molecular formula is C48H37NO. The summed E-state index contributed by atoms with van der Waals surface area (Å²) in [6, 6.07) is 61.6. The largest absolute Gasteiger partial charge is 0.496 e. The van der Waals surface area contributed by atoms with Gasteiger partial charge in [0.1, 0.15) is 5.75 Å². The summed E-state index contributed by atoms with van der Waals surface area (Å²) in [6.07, 6.45) is 0. The lowest BCUT2D eigenvalue weighted by Gasteiger charge is -2.29. The maximum Gasteiger partial charge on any atom is 0.127 e. The van der Waals surface area contributed by atoms with E-state index in [0.29, 0.717) is 0 Å². The molecule has 0 spiro atoms. The molecule has 2 heteroatoms. The van der Waals surface area contributed by atoms with Gasteiger partial charge in [-0.3, -0.25) is 0 Å². The van der Waals surface area contributed by atoms with Crippen molar-refractivity contribution in [2.24, 2.45) is 0 Å². The van der Waals surface area contributed by atoms with Crippen LogP contribution in [0.1, 0.15) is 25.0 Å². The van der Waals surface area contributed by atoms with E-state index in [9.17, 15) is 0 Å². The third-order valence-corrected chi connectivity index (χ3v) is 10.6. The second-order valence-electron chi connectivity index (χ2n) is 13.7. The van der Waals surface area contributed by atoms with E-state index in [1.165, 1.54) is 60.6 Å². The molecule has 0 unspecified atom stereocenters. The molecular weight excluding hydrogens is 607 g/mol. The fourth-order valence-electron chi connectivity index (χ4n) is 8.11. The van der Waals surface area contributed by atoms with Gasteiger partial charge in [-0.25, -0.2) is 0 Å². The molecule has 8 aromatic carbocycles. The Kier molecular flexibility index (Phi) is 7.07. The van der Waals surface area contributed by atoms with Crippen LogP contribution in [0.15, 0.2) is 170 Å². The fraction of sp³-hybridized carbons (Fsp3) is 0.0833. The Balaban J connectivity index is 1.22. The molecule has 0 amide bonds. The minimum Gasteiger partial charge on any atom is -0.496 e. The minimum atomic E-state index is -0.0966. The van der Waals surface area contributed by atoms with E-state index >= 15 is 0 Å². The predicted molar refractivity (Wildman–Crippen MR) is 211 cm³/mol. The molecule has 0 aromatic heterocycles.